The molecule has 0 unspecified atom stereocenters. The number of ether oxygens (including phenoxy) is 1. The second kappa shape index (κ2) is 8.72. The highest BCUT2D eigenvalue weighted by Crippen LogP contribution is 2.28. The van der Waals surface area contributed by atoms with E-state index in [1.165, 1.54) is 6.07 Å². The summed E-state index contributed by atoms with van der Waals surface area (Å²) < 4.78 is 19.4. The maximum atomic E-state index is 14.1. The van der Waals surface area contributed by atoms with E-state index in [4.69, 9.17) is 16.3 Å². The first-order valence-corrected chi connectivity index (χ1v) is 9.45. The van der Waals surface area contributed by atoms with Gasteiger partial charge in [-0.25, -0.2) is 9.18 Å². The highest BCUT2D eigenvalue weighted by molar-refractivity contribution is 6.30. The van der Waals surface area contributed by atoms with Crippen molar-refractivity contribution in [1.29, 1.82) is 0 Å². The third kappa shape index (κ3) is 5.44. The highest BCUT2D eigenvalue weighted by Gasteiger charge is 2.33. The smallest absolute Gasteiger partial charge is 0.410 e. The number of likely N-dealkylation sites (tertiary alicyclic amines) is 1. The van der Waals surface area contributed by atoms with E-state index in [-0.39, 0.29) is 19.1 Å². The molecule has 1 fully saturated rings. The minimum atomic E-state index is -1.05. The van der Waals surface area contributed by atoms with Crippen molar-refractivity contribution < 1.29 is 19.0 Å². The second-order valence-corrected chi connectivity index (χ2v) is 7.45. The minimum absolute atomic E-state index is 0.197. The molecule has 1 amide bonds. The summed E-state index contributed by atoms with van der Waals surface area (Å²) in [6, 6.07) is 14.0. The molecule has 1 aliphatic rings. The van der Waals surface area contributed by atoms with Crippen LogP contribution in [0.5, 0.6) is 0 Å². The van der Waals surface area contributed by atoms with E-state index >= 15 is 0 Å². The van der Waals surface area contributed by atoms with Gasteiger partial charge in [0.25, 0.3) is 0 Å². The van der Waals surface area contributed by atoms with Crippen molar-refractivity contribution in [3.05, 3.63) is 70.5 Å². The van der Waals surface area contributed by atoms with Crippen LogP contribution in [-0.2, 0) is 17.8 Å². The molecule has 1 saturated heterocycles. The number of rotatable bonds is 4. The summed E-state index contributed by atoms with van der Waals surface area (Å²) >= 11 is 5.79. The molecule has 1 N–H and O–H groups in total. The lowest BCUT2D eigenvalue weighted by molar-refractivity contribution is 0.0244. The zero-order chi connectivity index (χ0) is 19.3. The lowest BCUT2D eigenvalue weighted by Crippen LogP contribution is -2.36. The normalized spacial score (nSPS) is 20.2. The molecule has 0 aromatic heterocycles. The molecule has 2 aromatic rings. The number of benzene rings is 2. The number of halogens is 2. The lowest BCUT2D eigenvalue weighted by atomic mass is 9.87. The molecule has 0 saturated carbocycles. The van der Waals surface area contributed by atoms with Crippen molar-refractivity contribution in [2.75, 3.05) is 13.1 Å². The van der Waals surface area contributed by atoms with Gasteiger partial charge in [0.05, 0.1) is 5.60 Å². The molecular weight excluding hydrogens is 369 g/mol. The van der Waals surface area contributed by atoms with Crippen LogP contribution < -0.4 is 0 Å². The molecule has 6 heteroatoms. The molecule has 3 rings (SSSR count). The Bertz CT molecular complexity index is 786. The van der Waals surface area contributed by atoms with Gasteiger partial charge in [-0.15, -0.1) is 0 Å². The van der Waals surface area contributed by atoms with Gasteiger partial charge >= 0.3 is 6.09 Å². The van der Waals surface area contributed by atoms with Gasteiger partial charge in [-0.1, -0.05) is 48.0 Å². The molecule has 144 valence electrons. The van der Waals surface area contributed by atoms with Gasteiger partial charge in [0.2, 0.25) is 0 Å². The molecule has 0 spiro atoms. The Kier molecular flexibility index (Phi) is 6.34. The van der Waals surface area contributed by atoms with Crippen LogP contribution in [0.15, 0.2) is 48.5 Å². The number of amides is 1. The average Bonchev–Trinajstić information content (AvgIpc) is 2.85. The number of hydrogen-bond donors (Lipinski definition) is 1. The molecule has 1 atom stereocenters. The molecule has 27 heavy (non-hydrogen) atoms. The van der Waals surface area contributed by atoms with Gasteiger partial charge in [-0.3, -0.25) is 0 Å². The topological polar surface area (TPSA) is 49.8 Å². The Hall–Kier alpha value is -2.11. The van der Waals surface area contributed by atoms with Crippen molar-refractivity contribution in [1.82, 2.24) is 4.90 Å². The highest BCUT2D eigenvalue weighted by atomic mass is 35.5. The van der Waals surface area contributed by atoms with Crippen LogP contribution in [-0.4, -0.2) is 34.8 Å². The van der Waals surface area contributed by atoms with Gasteiger partial charge in [0.1, 0.15) is 12.4 Å². The number of aliphatic hydroxyl groups is 1. The van der Waals surface area contributed by atoms with Crippen LogP contribution in [0.2, 0.25) is 5.02 Å². The van der Waals surface area contributed by atoms with Gasteiger partial charge in [0, 0.05) is 24.5 Å². The molecule has 2 aromatic carbocycles. The average molecular weight is 392 g/mol. The summed E-state index contributed by atoms with van der Waals surface area (Å²) in [6.45, 7) is 1.11. The van der Waals surface area contributed by atoms with E-state index in [2.05, 4.69) is 0 Å². The number of nitrogens with zero attached hydrogens (tertiary/aromatic N) is 1. The number of hydrogen-bond acceptors (Lipinski definition) is 3. The predicted octanol–water partition coefficient (Wildman–Crippen LogP) is 4.58. The molecule has 0 radical (unpaired) electrons. The van der Waals surface area contributed by atoms with E-state index in [1.54, 1.807) is 17.0 Å². The predicted molar refractivity (Wildman–Crippen MR) is 102 cm³/mol. The van der Waals surface area contributed by atoms with E-state index < -0.39 is 11.4 Å². The summed E-state index contributed by atoms with van der Waals surface area (Å²) in [5.41, 5.74) is 0.306. The van der Waals surface area contributed by atoms with E-state index in [0.717, 1.165) is 5.56 Å². The van der Waals surface area contributed by atoms with Crippen LogP contribution in [0.4, 0.5) is 9.18 Å². The fraction of sp³-hybridized carbons (Fsp3) is 0.381. The first-order chi connectivity index (χ1) is 13.0. The summed E-state index contributed by atoms with van der Waals surface area (Å²) in [6.07, 6.45) is 1.31. The standard InChI is InChI=1S/C21H23ClFNO3/c22-18-8-7-17(19(23)13-18)14-21(26)9-4-11-24(12-10-21)20(25)27-15-16-5-2-1-3-6-16/h1-3,5-8,13,26H,4,9-12,14-15H2/t21-/m0/s1. The zero-order valence-electron chi connectivity index (χ0n) is 15.0. The van der Waals surface area contributed by atoms with E-state index in [0.29, 0.717) is 42.9 Å². The Labute approximate surface area is 163 Å². The van der Waals surface area contributed by atoms with Crippen LogP contribution in [0.1, 0.15) is 30.4 Å². The van der Waals surface area contributed by atoms with Crippen LogP contribution in [0.25, 0.3) is 0 Å². The fourth-order valence-corrected chi connectivity index (χ4v) is 3.53. The minimum Gasteiger partial charge on any atom is -0.445 e. The number of carbonyl (C=O) groups excluding carboxylic acids is 1. The quantitative estimate of drug-likeness (QED) is 0.830. The van der Waals surface area contributed by atoms with E-state index in [9.17, 15) is 14.3 Å². The molecule has 1 heterocycles. The Morgan fingerprint density at radius 3 is 2.70 bits per heavy atom. The van der Waals surface area contributed by atoms with Gasteiger partial charge in [-0.2, -0.15) is 0 Å². The van der Waals surface area contributed by atoms with Crippen molar-refractivity contribution >= 4 is 17.7 Å². The maximum Gasteiger partial charge on any atom is 0.410 e. The van der Waals surface area contributed by atoms with Crippen LogP contribution in [0, 0.1) is 5.82 Å². The molecular formula is C21H23ClFNO3. The Morgan fingerprint density at radius 1 is 1.19 bits per heavy atom. The first kappa shape index (κ1) is 19.6. The van der Waals surface area contributed by atoms with Crippen LogP contribution >= 0.6 is 11.6 Å². The fourth-order valence-electron chi connectivity index (χ4n) is 3.37. The van der Waals surface area contributed by atoms with Crippen molar-refractivity contribution in [2.24, 2.45) is 0 Å². The summed E-state index contributed by atoms with van der Waals surface area (Å²) in [7, 11) is 0. The largest absolute Gasteiger partial charge is 0.445 e. The van der Waals surface area contributed by atoms with Crippen molar-refractivity contribution in [3.63, 3.8) is 0 Å². The van der Waals surface area contributed by atoms with Crippen molar-refractivity contribution in [3.8, 4) is 0 Å². The van der Waals surface area contributed by atoms with Crippen LogP contribution in [0.3, 0.4) is 0 Å². The van der Waals surface area contributed by atoms with Crippen molar-refractivity contribution in [2.45, 2.75) is 37.9 Å². The summed E-state index contributed by atoms with van der Waals surface area (Å²) in [5.74, 6) is -0.417. The summed E-state index contributed by atoms with van der Waals surface area (Å²) in [5, 5.41) is 11.3. The number of carbonyl (C=O) groups is 1. The van der Waals surface area contributed by atoms with E-state index in [1.807, 2.05) is 30.3 Å². The third-order valence-corrected chi connectivity index (χ3v) is 5.15. The molecule has 0 aliphatic carbocycles. The Balaban J connectivity index is 1.56. The van der Waals surface area contributed by atoms with Gasteiger partial charge in [-0.05, 0) is 42.5 Å². The molecule has 1 aliphatic heterocycles. The van der Waals surface area contributed by atoms with Gasteiger partial charge in [0.15, 0.2) is 0 Å². The molecule has 0 bridgehead atoms. The van der Waals surface area contributed by atoms with Gasteiger partial charge < -0.3 is 14.7 Å². The third-order valence-electron chi connectivity index (χ3n) is 4.92. The Morgan fingerprint density at radius 2 is 1.96 bits per heavy atom. The SMILES string of the molecule is O=C(OCc1ccccc1)N1CCC[C@@](O)(Cc2ccc(Cl)cc2F)CC1. The second-order valence-electron chi connectivity index (χ2n) is 7.02. The lowest BCUT2D eigenvalue weighted by Gasteiger charge is -2.27. The summed E-state index contributed by atoms with van der Waals surface area (Å²) in [4.78, 5) is 13.9. The first-order valence-electron chi connectivity index (χ1n) is 9.07. The maximum absolute atomic E-state index is 14.1. The molecule has 4 nitrogen and oxygen atoms in total. The monoisotopic (exact) mass is 391 g/mol. The zero-order valence-corrected chi connectivity index (χ0v) is 15.8.